The van der Waals surface area contributed by atoms with Crippen molar-refractivity contribution < 1.29 is 24.1 Å². The number of alkyl halides is 1. The fourth-order valence-electron chi connectivity index (χ4n) is 3.19. The number of methoxy groups -OCH3 is 1. The quantitative estimate of drug-likeness (QED) is 0.572. The smallest absolute Gasteiger partial charge is 0.333 e. The van der Waals surface area contributed by atoms with E-state index in [2.05, 4.69) is 15.9 Å². The van der Waals surface area contributed by atoms with E-state index in [0.717, 1.165) is 9.13 Å². The molecule has 4 N–H and O–H groups in total. The van der Waals surface area contributed by atoms with E-state index in [1.165, 1.54) is 7.11 Å². The van der Waals surface area contributed by atoms with Gasteiger partial charge in [-0.1, -0.05) is 12.8 Å². The van der Waals surface area contributed by atoms with Crippen molar-refractivity contribution in [3.63, 3.8) is 0 Å². The zero-order valence-electron chi connectivity index (χ0n) is 14.7. The molecule has 0 spiro atoms. The van der Waals surface area contributed by atoms with E-state index >= 15 is 0 Å². The Labute approximate surface area is 153 Å². The van der Waals surface area contributed by atoms with Crippen molar-refractivity contribution in [2.75, 3.05) is 12.8 Å². The zero-order valence-corrected chi connectivity index (χ0v) is 14.7. The maximum atomic E-state index is 14.5. The lowest BCUT2D eigenvalue weighted by atomic mass is 10.1. The average molecular weight is 381 g/mol. The van der Waals surface area contributed by atoms with E-state index in [4.69, 9.17) is 21.6 Å². The lowest BCUT2D eigenvalue weighted by molar-refractivity contribution is -0.0799. The lowest BCUT2D eigenvalue weighted by Gasteiger charge is -2.18. The Balaban J connectivity index is 2.23. The maximum absolute atomic E-state index is 14.5. The van der Waals surface area contributed by atoms with Crippen LogP contribution in [0, 0.1) is 12.3 Å². The zero-order chi connectivity index (χ0) is 19.9. The molecule has 1 saturated heterocycles. The van der Waals surface area contributed by atoms with Crippen LogP contribution >= 0.6 is 0 Å². The van der Waals surface area contributed by atoms with Crippen molar-refractivity contribution in [2.45, 2.75) is 50.6 Å². The van der Waals surface area contributed by atoms with Gasteiger partial charge in [-0.05, 0) is 6.42 Å². The first kappa shape index (κ1) is 19.1. The largest absolute Gasteiger partial charge is 0.479 e. The number of terminal acetylenes is 1. The van der Waals surface area contributed by atoms with Gasteiger partial charge in [-0.2, -0.15) is 9.97 Å². The minimum Gasteiger partial charge on any atom is -0.479 e. The number of rotatable bonds is 5. The average Bonchev–Trinajstić information content (AvgIpc) is 3.08. The summed E-state index contributed by atoms with van der Waals surface area (Å²) in [6.45, 7) is 1.50. The van der Waals surface area contributed by atoms with Gasteiger partial charge in [0.05, 0.1) is 19.8 Å². The molecule has 11 heteroatoms. The number of anilines is 1. The van der Waals surface area contributed by atoms with E-state index in [9.17, 15) is 19.4 Å². The lowest BCUT2D eigenvalue weighted by Crippen LogP contribution is -2.36. The number of ether oxygens (including phenoxy) is 2. The third kappa shape index (κ3) is 2.91. The summed E-state index contributed by atoms with van der Waals surface area (Å²) in [6.07, 6.45) is -1.94. The van der Waals surface area contributed by atoms with E-state index in [-0.39, 0.29) is 36.0 Å². The molecule has 0 radical (unpaired) electrons. The van der Waals surface area contributed by atoms with Crippen LogP contribution in [0.3, 0.4) is 0 Å². The number of imidazole rings is 1. The van der Waals surface area contributed by atoms with Crippen LogP contribution in [0.4, 0.5) is 10.3 Å². The van der Waals surface area contributed by atoms with E-state index in [1.807, 2.05) is 0 Å². The number of halogens is 1. The fraction of sp³-hybridized carbons (Fsp3) is 0.562. The molecule has 0 aliphatic carbocycles. The number of hydrogen-bond acceptors (Lipinski definition) is 8. The van der Waals surface area contributed by atoms with Crippen LogP contribution in [0.25, 0.3) is 11.2 Å². The van der Waals surface area contributed by atoms with Gasteiger partial charge in [0.1, 0.15) is 12.2 Å². The number of nitrogens with two attached hydrogens (primary N) is 1. The number of aliphatic hydroxyl groups is 2. The van der Waals surface area contributed by atoms with Crippen LogP contribution in [0.1, 0.15) is 19.6 Å². The van der Waals surface area contributed by atoms with Crippen molar-refractivity contribution in [3.8, 4) is 18.2 Å². The molecule has 0 bridgehead atoms. The first-order valence-electron chi connectivity index (χ1n) is 8.27. The van der Waals surface area contributed by atoms with Crippen molar-refractivity contribution >= 4 is 17.1 Å². The topological polar surface area (TPSA) is 138 Å². The molecule has 3 rings (SSSR count). The Bertz CT molecular complexity index is 951. The highest BCUT2D eigenvalue weighted by atomic mass is 19.1. The summed E-state index contributed by atoms with van der Waals surface area (Å²) < 4.78 is 27.2. The van der Waals surface area contributed by atoms with Crippen molar-refractivity contribution in [1.29, 1.82) is 0 Å². The molecule has 2 aromatic rings. The Morgan fingerprint density at radius 1 is 1.52 bits per heavy atom. The molecular weight excluding hydrogens is 361 g/mol. The molecule has 10 nitrogen and oxygen atoms in total. The summed E-state index contributed by atoms with van der Waals surface area (Å²) in [5.41, 5.74) is 5.08. The maximum Gasteiger partial charge on any atom is 0.333 e. The molecule has 1 fully saturated rings. The molecule has 5 atom stereocenters. The molecule has 0 unspecified atom stereocenters. The number of aromatic nitrogens is 4. The van der Waals surface area contributed by atoms with Crippen LogP contribution in [0.15, 0.2) is 4.79 Å². The molecular formula is C16H20FN5O5. The van der Waals surface area contributed by atoms with E-state index in [1.54, 1.807) is 6.92 Å². The predicted octanol–water partition coefficient (Wildman–Crippen LogP) is -0.816. The number of nitrogen functional groups attached to an aromatic ring is 1. The summed E-state index contributed by atoms with van der Waals surface area (Å²) in [7, 11) is 1.33. The third-order valence-electron chi connectivity index (χ3n) is 4.51. The monoisotopic (exact) mass is 381 g/mol. The van der Waals surface area contributed by atoms with Crippen LogP contribution in [-0.2, 0) is 11.3 Å². The molecule has 1 aliphatic heterocycles. The normalized spacial score (nSPS) is 26.2. The van der Waals surface area contributed by atoms with Gasteiger partial charge >= 0.3 is 5.69 Å². The predicted molar refractivity (Wildman–Crippen MR) is 92.7 cm³/mol. The van der Waals surface area contributed by atoms with Gasteiger partial charge in [-0.25, -0.2) is 13.8 Å². The second-order valence-corrected chi connectivity index (χ2v) is 6.11. The number of nitrogens with zero attached hydrogens (tertiary/aromatic N) is 4. The van der Waals surface area contributed by atoms with Gasteiger partial charge in [-0.15, -0.1) is 6.42 Å². The van der Waals surface area contributed by atoms with Crippen LogP contribution in [0.2, 0.25) is 0 Å². The second kappa shape index (κ2) is 7.15. The first-order chi connectivity index (χ1) is 12.8. The standard InChI is InChI=1S/C16H20FN5O5/c1-4-6-21-9-12(19-15(18)20-13(9)26-3)22(16(21)25)14-10(24)8(17)11(27-14)7(23)5-2/h1,7-8,10-11,14,23-24H,5-6H2,2-3H3,(H2,18,19,20)/t7-,8+,10+,11+,14+/m0/s1. The Hall–Kier alpha value is -2.68. The van der Waals surface area contributed by atoms with Gasteiger partial charge in [-0.3, -0.25) is 4.57 Å². The van der Waals surface area contributed by atoms with Crippen LogP contribution in [0.5, 0.6) is 5.88 Å². The minimum absolute atomic E-state index is 0.00183. The first-order valence-corrected chi connectivity index (χ1v) is 8.27. The summed E-state index contributed by atoms with van der Waals surface area (Å²) in [5, 5.41) is 20.3. The molecule has 0 amide bonds. The summed E-state index contributed by atoms with van der Waals surface area (Å²) in [6, 6.07) is 0. The van der Waals surface area contributed by atoms with Crippen molar-refractivity contribution in [3.05, 3.63) is 10.5 Å². The summed E-state index contributed by atoms with van der Waals surface area (Å²) >= 11 is 0. The molecule has 0 saturated carbocycles. The van der Waals surface area contributed by atoms with Gasteiger partial charge in [0.15, 0.2) is 23.6 Å². The van der Waals surface area contributed by atoms with Crippen molar-refractivity contribution in [2.24, 2.45) is 0 Å². The molecule has 27 heavy (non-hydrogen) atoms. The Morgan fingerprint density at radius 2 is 2.22 bits per heavy atom. The molecule has 3 heterocycles. The summed E-state index contributed by atoms with van der Waals surface area (Å²) in [5.74, 6) is 2.14. The van der Waals surface area contributed by atoms with Crippen LogP contribution < -0.4 is 16.2 Å². The van der Waals surface area contributed by atoms with E-state index in [0.29, 0.717) is 0 Å². The molecule has 2 aromatic heterocycles. The van der Waals surface area contributed by atoms with E-state index < -0.39 is 36.4 Å². The summed E-state index contributed by atoms with van der Waals surface area (Å²) in [4.78, 5) is 20.9. The molecule has 146 valence electrons. The number of fused-ring (bicyclic) bond motifs is 1. The Kier molecular flexibility index (Phi) is 5.05. The number of aliphatic hydroxyl groups excluding tert-OH is 2. The molecule has 1 aliphatic rings. The second-order valence-electron chi connectivity index (χ2n) is 6.11. The molecule has 0 aromatic carbocycles. The highest BCUT2D eigenvalue weighted by Crippen LogP contribution is 2.35. The number of hydrogen-bond donors (Lipinski definition) is 3. The highest BCUT2D eigenvalue weighted by molar-refractivity contribution is 5.78. The van der Waals surface area contributed by atoms with Gasteiger partial charge < -0.3 is 25.4 Å². The van der Waals surface area contributed by atoms with Crippen molar-refractivity contribution in [1.82, 2.24) is 19.1 Å². The SMILES string of the molecule is C#CCn1c(=O)n([C@@H]2O[C@H]([C@@H](O)CC)[C@H](F)[C@H]2O)c2nc(N)nc(OC)c21. The Morgan fingerprint density at radius 3 is 2.81 bits per heavy atom. The van der Waals surface area contributed by atoms with Gasteiger partial charge in [0.2, 0.25) is 11.8 Å². The highest BCUT2D eigenvalue weighted by Gasteiger charge is 2.49. The fourth-order valence-corrected chi connectivity index (χ4v) is 3.19. The van der Waals surface area contributed by atoms with Gasteiger partial charge in [0, 0.05) is 0 Å². The minimum atomic E-state index is -1.90. The van der Waals surface area contributed by atoms with Gasteiger partial charge in [0.25, 0.3) is 0 Å². The van der Waals surface area contributed by atoms with Crippen LogP contribution in [-0.4, -0.2) is 60.9 Å². The third-order valence-corrected chi connectivity index (χ3v) is 4.51.